The molecule has 2 aromatic rings. The number of aryl methyl sites for hydroxylation is 1. The number of aromatic nitrogens is 2. The van der Waals surface area contributed by atoms with Crippen molar-refractivity contribution in [2.75, 3.05) is 6.54 Å². The molecule has 2 aromatic heterocycles. The van der Waals surface area contributed by atoms with Crippen molar-refractivity contribution in [1.29, 1.82) is 0 Å². The van der Waals surface area contributed by atoms with Gasteiger partial charge < -0.3 is 5.32 Å². The van der Waals surface area contributed by atoms with Crippen LogP contribution in [0, 0.1) is 6.92 Å². The standard InChI is InChI=1S/C14H19N3S/c1-3-5-16-13(10-14-17-7-8-18-14)12-4-6-15-11(2)9-12/h4,6-9,13,16H,3,5,10H2,1-2H3. The van der Waals surface area contributed by atoms with Crippen LogP contribution in [0.1, 0.15) is 35.7 Å². The first-order valence-electron chi connectivity index (χ1n) is 6.34. The predicted octanol–water partition coefficient (Wildman–Crippen LogP) is 3.13. The van der Waals surface area contributed by atoms with Gasteiger partial charge in [0.25, 0.3) is 0 Å². The third-order valence-corrected chi connectivity index (χ3v) is 3.63. The molecule has 0 aliphatic rings. The van der Waals surface area contributed by atoms with E-state index in [-0.39, 0.29) is 0 Å². The van der Waals surface area contributed by atoms with Crippen molar-refractivity contribution in [2.45, 2.75) is 32.7 Å². The van der Waals surface area contributed by atoms with Gasteiger partial charge in [-0.25, -0.2) is 4.98 Å². The van der Waals surface area contributed by atoms with Gasteiger partial charge in [-0.15, -0.1) is 11.3 Å². The number of pyridine rings is 1. The molecule has 1 unspecified atom stereocenters. The monoisotopic (exact) mass is 261 g/mol. The lowest BCUT2D eigenvalue weighted by atomic mass is 10.0. The lowest BCUT2D eigenvalue weighted by molar-refractivity contribution is 0.527. The highest BCUT2D eigenvalue weighted by Crippen LogP contribution is 2.20. The molecule has 2 heterocycles. The summed E-state index contributed by atoms with van der Waals surface area (Å²) < 4.78 is 0. The summed E-state index contributed by atoms with van der Waals surface area (Å²) in [7, 11) is 0. The first-order valence-corrected chi connectivity index (χ1v) is 7.22. The summed E-state index contributed by atoms with van der Waals surface area (Å²) >= 11 is 1.72. The summed E-state index contributed by atoms with van der Waals surface area (Å²) in [5.41, 5.74) is 2.36. The molecule has 0 saturated heterocycles. The Balaban J connectivity index is 2.13. The fourth-order valence-electron chi connectivity index (χ4n) is 1.94. The Labute approximate surface area is 112 Å². The molecule has 3 nitrogen and oxygen atoms in total. The lowest BCUT2D eigenvalue weighted by Crippen LogP contribution is -2.24. The van der Waals surface area contributed by atoms with E-state index in [1.54, 1.807) is 11.3 Å². The molecular weight excluding hydrogens is 242 g/mol. The zero-order chi connectivity index (χ0) is 12.8. The van der Waals surface area contributed by atoms with Gasteiger partial charge in [-0.3, -0.25) is 4.98 Å². The number of rotatable bonds is 6. The molecule has 1 atom stereocenters. The summed E-state index contributed by atoms with van der Waals surface area (Å²) in [5, 5.41) is 6.80. The highest BCUT2D eigenvalue weighted by atomic mass is 32.1. The molecule has 0 saturated carbocycles. The maximum atomic E-state index is 4.37. The summed E-state index contributed by atoms with van der Waals surface area (Å²) in [4.78, 5) is 8.63. The van der Waals surface area contributed by atoms with E-state index in [0.717, 1.165) is 25.1 Å². The molecule has 2 rings (SSSR count). The molecule has 0 spiro atoms. The molecule has 0 radical (unpaired) electrons. The van der Waals surface area contributed by atoms with Crippen LogP contribution in [0.5, 0.6) is 0 Å². The molecule has 4 heteroatoms. The van der Waals surface area contributed by atoms with E-state index in [1.807, 2.05) is 24.7 Å². The molecule has 0 bridgehead atoms. The van der Waals surface area contributed by atoms with E-state index in [4.69, 9.17) is 0 Å². The van der Waals surface area contributed by atoms with Crippen LogP contribution in [0.2, 0.25) is 0 Å². The van der Waals surface area contributed by atoms with Gasteiger partial charge in [0.2, 0.25) is 0 Å². The average Bonchev–Trinajstić information content (AvgIpc) is 2.87. The van der Waals surface area contributed by atoms with E-state index in [0.29, 0.717) is 6.04 Å². The molecular formula is C14H19N3S. The van der Waals surface area contributed by atoms with Gasteiger partial charge in [-0.2, -0.15) is 0 Å². The Hall–Kier alpha value is -1.26. The van der Waals surface area contributed by atoms with Gasteiger partial charge in [0.1, 0.15) is 0 Å². The Bertz CT molecular complexity index is 468. The van der Waals surface area contributed by atoms with Crippen LogP contribution in [-0.4, -0.2) is 16.5 Å². The van der Waals surface area contributed by atoms with Gasteiger partial charge in [0.05, 0.1) is 5.01 Å². The van der Waals surface area contributed by atoms with Crippen molar-refractivity contribution < 1.29 is 0 Å². The zero-order valence-electron chi connectivity index (χ0n) is 10.9. The maximum absolute atomic E-state index is 4.37. The van der Waals surface area contributed by atoms with Crippen molar-refractivity contribution in [3.05, 3.63) is 46.2 Å². The second kappa shape index (κ2) is 6.61. The van der Waals surface area contributed by atoms with E-state index in [9.17, 15) is 0 Å². The van der Waals surface area contributed by atoms with Crippen LogP contribution in [0.3, 0.4) is 0 Å². The minimum Gasteiger partial charge on any atom is -0.310 e. The third kappa shape index (κ3) is 3.62. The van der Waals surface area contributed by atoms with Crippen LogP contribution >= 0.6 is 11.3 Å². The normalized spacial score (nSPS) is 12.6. The smallest absolute Gasteiger partial charge is 0.0943 e. The Kier molecular flexibility index (Phi) is 4.84. The van der Waals surface area contributed by atoms with Gasteiger partial charge >= 0.3 is 0 Å². The number of thiazole rings is 1. The van der Waals surface area contributed by atoms with E-state index in [1.165, 1.54) is 10.6 Å². The molecule has 0 fully saturated rings. The first-order chi connectivity index (χ1) is 8.79. The van der Waals surface area contributed by atoms with Crippen molar-refractivity contribution in [1.82, 2.24) is 15.3 Å². The molecule has 0 amide bonds. The average molecular weight is 261 g/mol. The second-order valence-corrected chi connectivity index (χ2v) is 5.35. The van der Waals surface area contributed by atoms with E-state index < -0.39 is 0 Å². The Morgan fingerprint density at radius 3 is 2.89 bits per heavy atom. The highest BCUT2D eigenvalue weighted by Gasteiger charge is 2.13. The van der Waals surface area contributed by atoms with Gasteiger partial charge in [-0.05, 0) is 37.6 Å². The van der Waals surface area contributed by atoms with Crippen molar-refractivity contribution in [3.8, 4) is 0 Å². The zero-order valence-corrected chi connectivity index (χ0v) is 11.7. The van der Waals surface area contributed by atoms with Crippen LogP contribution in [-0.2, 0) is 6.42 Å². The quantitative estimate of drug-likeness (QED) is 0.868. The molecule has 1 N–H and O–H groups in total. The molecule has 96 valence electrons. The van der Waals surface area contributed by atoms with Gasteiger partial charge in [0.15, 0.2) is 0 Å². The maximum Gasteiger partial charge on any atom is 0.0943 e. The third-order valence-electron chi connectivity index (χ3n) is 2.83. The van der Waals surface area contributed by atoms with Crippen molar-refractivity contribution >= 4 is 11.3 Å². The summed E-state index contributed by atoms with van der Waals surface area (Å²) in [6, 6.07) is 4.58. The fourth-order valence-corrected chi connectivity index (χ4v) is 2.60. The van der Waals surface area contributed by atoms with Crippen LogP contribution < -0.4 is 5.32 Å². The molecule has 0 aliphatic heterocycles. The molecule has 0 aromatic carbocycles. The summed E-state index contributed by atoms with van der Waals surface area (Å²) in [6.45, 7) is 5.24. The van der Waals surface area contributed by atoms with Crippen molar-refractivity contribution in [2.24, 2.45) is 0 Å². The Morgan fingerprint density at radius 2 is 2.22 bits per heavy atom. The van der Waals surface area contributed by atoms with Gasteiger partial charge in [-0.1, -0.05) is 6.92 Å². The van der Waals surface area contributed by atoms with Crippen LogP contribution in [0.4, 0.5) is 0 Å². The van der Waals surface area contributed by atoms with E-state index in [2.05, 4.69) is 34.3 Å². The topological polar surface area (TPSA) is 37.8 Å². The van der Waals surface area contributed by atoms with Crippen molar-refractivity contribution in [3.63, 3.8) is 0 Å². The van der Waals surface area contributed by atoms with E-state index >= 15 is 0 Å². The largest absolute Gasteiger partial charge is 0.310 e. The molecule has 18 heavy (non-hydrogen) atoms. The second-order valence-electron chi connectivity index (χ2n) is 4.37. The highest BCUT2D eigenvalue weighted by molar-refractivity contribution is 7.09. The number of nitrogens with one attached hydrogen (secondary N) is 1. The summed E-state index contributed by atoms with van der Waals surface area (Å²) in [6.07, 6.45) is 5.83. The lowest BCUT2D eigenvalue weighted by Gasteiger charge is -2.18. The van der Waals surface area contributed by atoms with Crippen LogP contribution in [0.15, 0.2) is 29.9 Å². The Morgan fingerprint density at radius 1 is 1.33 bits per heavy atom. The number of nitrogens with zero attached hydrogens (tertiary/aromatic N) is 2. The van der Waals surface area contributed by atoms with Crippen LogP contribution in [0.25, 0.3) is 0 Å². The predicted molar refractivity (Wildman–Crippen MR) is 75.8 cm³/mol. The molecule has 0 aliphatic carbocycles. The SMILES string of the molecule is CCCNC(Cc1nccs1)c1ccnc(C)c1. The minimum absolute atomic E-state index is 0.331. The minimum atomic E-state index is 0.331. The number of hydrogen-bond acceptors (Lipinski definition) is 4. The number of hydrogen-bond donors (Lipinski definition) is 1. The fraction of sp³-hybridized carbons (Fsp3) is 0.429. The van der Waals surface area contributed by atoms with Gasteiger partial charge in [0, 0.05) is 35.9 Å². The summed E-state index contributed by atoms with van der Waals surface area (Å²) in [5.74, 6) is 0. The first kappa shape index (κ1) is 13.2.